The number of hydrogen-bond donors (Lipinski definition) is 10. The molecule has 13 N–H and O–H groups in total. The van der Waals surface area contributed by atoms with Crippen LogP contribution >= 0.6 is 24.8 Å². The Kier molecular flexibility index (Phi) is 49.8. The van der Waals surface area contributed by atoms with E-state index in [2.05, 4.69) is 82.7 Å². The molecule has 31 nitrogen and oxygen atoms in total. The third-order valence-electron chi connectivity index (χ3n) is 21.9. The molecule has 6 heterocycles. The first-order valence-electron chi connectivity index (χ1n) is 45.8. The predicted molar refractivity (Wildman–Crippen MR) is 568 cm³/mol. The molecule has 3 aliphatic rings. The van der Waals surface area contributed by atoms with Crippen LogP contribution in [0.5, 0.6) is 17.2 Å². The fraction of sp³-hybridized carbons (Fsp3) is 0.360. The summed E-state index contributed by atoms with van der Waals surface area (Å²) in [6.45, 7) is 23.6. The van der Waals surface area contributed by atoms with Crippen molar-refractivity contribution in [2.45, 2.75) is 223 Å². The van der Waals surface area contributed by atoms with E-state index in [0.29, 0.717) is 82.2 Å². The van der Waals surface area contributed by atoms with E-state index in [9.17, 15) is 53.7 Å². The minimum Gasteiger partial charge on any atom is -0.870 e. The number of halogens is 2. The number of carbonyl (C=O) groups is 8. The quantitative estimate of drug-likeness (QED) is 0.0230. The Morgan fingerprint density at radius 2 is 0.752 bits per heavy atom. The topological polar surface area (TPSA) is 439 Å². The number of likely N-dealkylation sites (tertiary alicyclic amines) is 2. The van der Waals surface area contributed by atoms with E-state index in [1.807, 2.05) is 220 Å². The van der Waals surface area contributed by atoms with Crippen molar-refractivity contribution >= 4 is 89.8 Å². The van der Waals surface area contributed by atoms with Crippen molar-refractivity contribution in [3.8, 4) is 86.5 Å². The summed E-state index contributed by atoms with van der Waals surface area (Å²) < 4.78 is 21.0. The summed E-state index contributed by atoms with van der Waals surface area (Å²) in [5.41, 5.74) is 13.0. The molecule has 3 aromatic heterocycles. The van der Waals surface area contributed by atoms with Gasteiger partial charge in [0.1, 0.15) is 75.3 Å². The molecule has 3 unspecified atom stereocenters. The molecule has 3 saturated heterocycles. The van der Waals surface area contributed by atoms with E-state index in [1.54, 1.807) is 110 Å². The molecule has 8 aromatic carbocycles. The predicted octanol–water partition coefficient (Wildman–Crippen LogP) is 15.7. The van der Waals surface area contributed by atoms with Crippen molar-refractivity contribution < 1.29 is 103 Å². The molecule has 145 heavy (non-hydrogen) atoms. The van der Waals surface area contributed by atoms with Crippen LogP contribution in [0.4, 0.5) is 31.4 Å². The van der Waals surface area contributed by atoms with Gasteiger partial charge >= 0.3 is 43.1 Å². The van der Waals surface area contributed by atoms with Crippen LogP contribution < -0.4 is 50.8 Å². The second kappa shape index (κ2) is 57.8. The number of alkyl carbamates (subject to hydrolysis) is 2. The molecule has 14 rings (SSSR count). The Balaban J connectivity index is 0.000000509. The molecule has 0 radical (unpaired) electrons. The fourth-order valence-electron chi connectivity index (χ4n) is 15.4. The molecule has 0 spiro atoms. The van der Waals surface area contributed by atoms with Gasteiger partial charge in [-0.05, 0) is 261 Å². The number of aliphatic carboxylic acids is 1. The minimum atomic E-state index is -1.09. The van der Waals surface area contributed by atoms with Crippen molar-refractivity contribution in [1.82, 2.24) is 55.1 Å². The number of aryl methyl sites for hydroxylation is 6. The van der Waals surface area contributed by atoms with Crippen LogP contribution in [0, 0.1) is 56.3 Å². The number of carboxylic acid groups (broad SMARTS) is 1. The van der Waals surface area contributed by atoms with Crippen molar-refractivity contribution in [3.63, 3.8) is 0 Å². The number of phenols is 3. The average Bonchev–Trinajstić information content (AvgIpc) is 1.77. The number of hydrogen-bond acceptors (Lipinski definition) is 19. The molecule has 0 bridgehead atoms. The van der Waals surface area contributed by atoms with Crippen LogP contribution in [-0.2, 0) is 72.2 Å². The fourth-order valence-corrected chi connectivity index (χ4v) is 15.4. The Bertz CT molecular complexity index is 6320. The van der Waals surface area contributed by atoms with Gasteiger partial charge in [-0.3, -0.25) is 38.1 Å². The van der Waals surface area contributed by atoms with E-state index in [4.69, 9.17) is 19.3 Å². The van der Waals surface area contributed by atoms with Crippen molar-refractivity contribution in [1.29, 1.82) is 0 Å². The summed E-state index contributed by atoms with van der Waals surface area (Å²) in [6.07, 6.45) is 11.5. The van der Waals surface area contributed by atoms with Gasteiger partial charge in [0, 0.05) is 116 Å². The average molecular weight is 2020 g/mol. The number of ether oxygens (including phenoxy) is 3. The van der Waals surface area contributed by atoms with Gasteiger partial charge in [0.2, 0.25) is 23.6 Å². The molecule has 770 valence electrons. The summed E-state index contributed by atoms with van der Waals surface area (Å²) >= 11 is 0. The Labute approximate surface area is 876 Å². The minimum absolute atomic E-state index is 0. The van der Waals surface area contributed by atoms with Gasteiger partial charge in [-0.25, -0.2) is 19.2 Å². The number of rotatable bonds is 17. The number of piperidine rings is 3. The number of carbonyl (C=O) groups excluding carboxylic acids is 7. The molecule has 11 aromatic rings. The first-order chi connectivity index (χ1) is 65.1. The van der Waals surface area contributed by atoms with Crippen LogP contribution in [0.15, 0.2) is 207 Å². The smallest absolute Gasteiger partial charge is 0.870 e. The largest absolute Gasteiger partial charge is 1.00 e. The van der Waals surface area contributed by atoms with Gasteiger partial charge < -0.3 is 82.4 Å². The summed E-state index contributed by atoms with van der Waals surface area (Å²) in [5, 5.41) is 70.9. The molecule has 3 aliphatic heterocycles. The van der Waals surface area contributed by atoms with Crippen molar-refractivity contribution in [2.75, 3.05) is 35.6 Å². The number of nitrogens with zero attached hydrogens (tertiary/aromatic N) is 8. The van der Waals surface area contributed by atoms with Crippen LogP contribution in [0.25, 0.3) is 33.8 Å². The first kappa shape index (κ1) is 125. The number of amides is 7. The summed E-state index contributed by atoms with van der Waals surface area (Å²) in [7, 11) is 5.45. The molecular weight excluding hydrogens is 1880 g/mol. The maximum atomic E-state index is 14.0. The Morgan fingerprint density at radius 3 is 1.09 bits per heavy atom. The van der Waals surface area contributed by atoms with Gasteiger partial charge in [0.15, 0.2) is 0 Å². The normalized spacial score (nSPS) is 14.1. The van der Waals surface area contributed by atoms with Crippen molar-refractivity contribution in [3.05, 3.63) is 268 Å². The second-order valence-corrected chi connectivity index (χ2v) is 37.1. The Hall–Kier alpha value is -14.3. The van der Waals surface area contributed by atoms with E-state index in [-0.39, 0.29) is 137 Å². The zero-order valence-electron chi connectivity index (χ0n) is 83.0. The first-order valence-corrected chi connectivity index (χ1v) is 45.8. The van der Waals surface area contributed by atoms with Crippen molar-refractivity contribution in [2.24, 2.45) is 21.1 Å². The van der Waals surface area contributed by atoms with Gasteiger partial charge in [0.05, 0.1) is 22.7 Å². The summed E-state index contributed by atoms with van der Waals surface area (Å²) in [6, 6.07) is 53.4. The number of aromatic nitrogens is 6. The zero-order chi connectivity index (χ0) is 98.8. The number of aromatic hydroxyl groups is 3. The van der Waals surface area contributed by atoms with Gasteiger partial charge in [-0.2, -0.15) is 15.3 Å². The van der Waals surface area contributed by atoms with Gasteiger partial charge in [-0.15, -0.1) is 24.8 Å². The molecule has 34 heteroatoms. The number of benzene rings is 8. The second-order valence-electron chi connectivity index (χ2n) is 37.1. The summed E-state index contributed by atoms with van der Waals surface area (Å²) in [4.78, 5) is 104. The Morgan fingerprint density at radius 1 is 0.428 bits per heavy atom. The van der Waals surface area contributed by atoms with Crippen LogP contribution in [0.1, 0.15) is 204 Å². The number of nitrogens with one attached hydrogen (secondary N) is 6. The van der Waals surface area contributed by atoms with Gasteiger partial charge in [-0.1, -0.05) is 160 Å². The van der Waals surface area contributed by atoms with Gasteiger partial charge in [0.25, 0.3) is 0 Å². The zero-order valence-corrected chi connectivity index (χ0v) is 84.7. The SMILES string of the molecule is C.C.C.CC(C)(C)OC(=O)N[C@@H](Cc1ccccc1)C(=O)O.Cc1ccc(O)c(-c2nn(C)cc2C#Cc2ccc(NC(=O)C3CCCCN3)cc2)c1.Cc1ccc(O)c(-c2nn(C)cc2C#Cc2ccc(NC(=O)C3CCCCN3C(=O)OC(C)(C)C)cc2)c1.Cc1ccc(O)c(-c2nn(C)cc2C#Cc2ccc(NC(=O)C3CCCCN3C(=O)[C@H](Cc3ccccc3)NC(=O)OC(C)(C)C)cc2)c1.Cl.Cl.O.[Li+].[OH-]. The van der Waals surface area contributed by atoms with Crippen LogP contribution in [-0.4, -0.2) is 185 Å². The third kappa shape index (κ3) is 38.4. The van der Waals surface area contributed by atoms with Crippen LogP contribution in [0.3, 0.4) is 0 Å². The molecule has 0 aliphatic carbocycles. The van der Waals surface area contributed by atoms with E-state index in [1.165, 1.54) is 4.90 Å². The van der Waals surface area contributed by atoms with E-state index >= 15 is 0 Å². The third-order valence-corrected chi connectivity index (χ3v) is 21.9. The molecule has 3 fully saturated rings. The maximum absolute atomic E-state index is 14.0. The number of carboxylic acids is 1. The van der Waals surface area contributed by atoms with E-state index in [0.717, 1.165) is 107 Å². The molecule has 0 saturated carbocycles. The number of anilines is 3. The standard InChI is InChI=1S/C39H43N5O5.C30H34N4O4.C25H26N4O2.C14H19NO4.3CH4.2ClH.Li.2H2O/c1-26-14-21-34(45)31(23-26)35-29(25-43(5)42-35)18-15-27-16-19-30(20-17-27)40-36(46)33-13-9-10-22-44(33)37(47)32(24-28-11-7-6-8-12-28)41-38(48)49-39(2,3)4;1-20-9-16-26(35)24(18-20)27-22(19-33(5)32-27)13-10-21-11-14-23(15-12-21)31-28(36)25-8-6-7-17-34(25)29(37)38-30(2,3)4;1-17-6-13-23(30)21(15-17)24-19(16-29(2)28-24)10-7-18-8-11-20(12-9-18)27-25(31)22-5-3-4-14-26-22;1-14(2,3)19-13(18)15-11(12(16)17)9-10-7-5-4-6-8-10;;;;;;;;/h6-8,11-12,14,16-17,19-21,23,25,32-33,45H,9-10,13,22,24H2,1-5H3,(H,40,46)(H,41,48);9,11-12,14-16,18-19,25,35H,6-8,17H2,1-5H3,(H,31,36);6,8-9,11-13,15-16,22,26,30H,3-5,14H2,1-2H3,(H,27,31);4-8,11H,9H2,1-3H3,(H,15,18)(H,16,17);3*1H4;2*1H;;2*1H2/q;;;;;;;;;+1;;/p-1/t32-,33?;;;11-;;;;;;;;/m0..0......../s1. The molecule has 7 amide bonds. The van der Waals surface area contributed by atoms with E-state index < -0.39 is 65.2 Å². The monoisotopic (exact) mass is 2020 g/mol. The summed E-state index contributed by atoms with van der Waals surface area (Å²) in [5.74, 6) is 17.5. The number of phenolic OH excluding ortho intramolecular Hbond substituents is 3. The molecule has 5 atom stereocenters. The maximum Gasteiger partial charge on any atom is 1.00 e. The van der Waals surface area contributed by atoms with Crippen LogP contribution in [0.2, 0.25) is 0 Å². The molecular formula is C111H139Cl2LiN14O17.